The van der Waals surface area contributed by atoms with Crippen LogP contribution in [0.15, 0.2) is 29.6 Å². The highest BCUT2D eigenvalue weighted by Crippen LogP contribution is 2.20. The molecule has 0 aliphatic carbocycles. The van der Waals surface area contributed by atoms with Crippen LogP contribution < -0.4 is 15.4 Å². The van der Waals surface area contributed by atoms with E-state index in [1.54, 1.807) is 18.2 Å². The Morgan fingerprint density at radius 1 is 1.24 bits per heavy atom. The van der Waals surface area contributed by atoms with Gasteiger partial charge in [0.2, 0.25) is 0 Å². The van der Waals surface area contributed by atoms with Gasteiger partial charge in [0, 0.05) is 12.4 Å². The summed E-state index contributed by atoms with van der Waals surface area (Å²) in [6.07, 6.45) is 0. The van der Waals surface area contributed by atoms with E-state index in [-0.39, 0.29) is 12.2 Å². The van der Waals surface area contributed by atoms with Crippen LogP contribution in [0.2, 0.25) is 0 Å². The first kappa shape index (κ1) is 18.4. The molecule has 2 N–H and O–H groups in total. The number of ether oxygens (including phenoxy) is 2. The number of urea groups is 1. The van der Waals surface area contributed by atoms with Crippen molar-refractivity contribution >= 4 is 29.2 Å². The lowest BCUT2D eigenvalue weighted by molar-refractivity contribution is -0.123. The van der Waals surface area contributed by atoms with Gasteiger partial charge >= 0.3 is 12.0 Å². The Bertz CT molecular complexity index is 775. The fourth-order valence-corrected chi connectivity index (χ4v) is 2.42. The van der Waals surface area contributed by atoms with Gasteiger partial charge in [-0.2, -0.15) is 0 Å². The van der Waals surface area contributed by atoms with Crippen molar-refractivity contribution in [3.05, 3.63) is 45.9 Å². The van der Waals surface area contributed by atoms with Crippen molar-refractivity contribution in [2.75, 3.05) is 13.7 Å². The van der Waals surface area contributed by atoms with Gasteiger partial charge in [-0.1, -0.05) is 12.1 Å². The molecule has 0 atom stereocenters. The third-order valence-electron chi connectivity index (χ3n) is 2.96. The van der Waals surface area contributed by atoms with Crippen molar-refractivity contribution in [1.82, 2.24) is 15.6 Å². The third-order valence-corrected chi connectivity index (χ3v) is 3.79. The van der Waals surface area contributed by atoms with Gasteiger partial charge in [0.15, 0.2) is 6.61 Å². The zero-order valence-electron chi connectivity index (χ0n) is 13.7. The van der Waals surface area contributed by atoms with E-state index in [0.717, 1.165) is 10.7 Å². The minimum atomic E-state index is -0.732. The maximum Gasteiger partial charge on any atom is 0.342 e. The molecule has 0 unspecified atom stereocenters. The number of thiazole rings is 1. The highest BCUT2D eigenvalue weighted by molar-refractivity contribution is 7.09. The van der Waals surface area contributed by atoms with Gasteiger partial charge in [-0.3, -0.25) is 10.1 Å². The smallest absolute Gasteiger partial charge is 0.342 e. The zero-order valence-corrected chi connectivity index (χ0v) is 14.5. The van der Waals surface area contributed by atoms with Crippen LogP contribution in [0.1, 0.15) is 21.1 Å². The SMILES string of the molecule is CNC(=O)NC(=O)COC(=O)c1ccccc1OCc1csc(C)n1. The maximum atomic E-state index is 12.1. The highest BCUT2D eigenvalue weighted by atomic mass is 32.1. The summed E-state index contributed by atoms with van der Waals surface area (Å²) in [5.74, 6) is -1.13. The van der Waals surface area contributed by atoms with Crippen molar-refractivity contribution in [2.45, 2.75) is 13.5 Å². The van der Waals surface area contributed by atoms with E-state index in [0.29, 0.717) is 5.75 Å². The first-order chi connectivity index (χ1) is 12.0. The molecule has 1 aromatic heterocycles. The van der Waals surface area contributed by atoms with E-state index >= 15 is 0 Å². The average Bonchev–Trinajstić information content (AvgIpc) is 3.03. The summed E-state index contributed by atoms with van der Waals surface area (Å²) in [7, 11) is 1.37. The standard InChI is InChI=1S/C16H17N3O5S/c1-10-18-11(9-25-10)7-23-13-6-4-3-5-12(13)15(21)24-8-14(20)19-16(22)17-2/h3-6,9H,7-8H2,1-2H3,(H2,17,19,20,22). The average molecular weight is 363 g/mol. The molecule has 1 aromatic carbocycles. The molecule has 2 rings (SSSR count). The molecule has 0 saturated carbocycles. The molecule has 1 heterocycles. The van der Waals surface area contributed by atoms with Crippen LogP contribution >= 0.6 is 11.3 Å². The van der Waals surface area contributed by atoms with E-state index in [4.69, 9.17) is 9.47 Å². The molecule has 0 spiro atoms. The second kappa shape index (κ2) is 8.78. The molecule has 3 amide bonds. The fourth-order valence-electron chi connectivity index (χ4n) is 1.82. The second-order valence-electron chi connectivity index (χ2n) is 4.85. The van der Waals surface area contributed by atoms with E-state index in [1.807, 2.05) is 17.6 Å². The Hall–Kier alpha value is -2.94. The number of amides is 3. The number of carbonyl (C=O) groups excluding carboxylic acids is 3. The van der Waals surface area contributed by atoms with Crippen LogP contribution in [0.4, 0.5) is 4.79 Å². The number of imide groups is 1. The quantitative estimate of drug-likeness (QED) is 0.756. The Morgan fingerprint density at radius 3 is 2.68 bits per heavy atom. The number of hydrogen-bond acceptors (Lipinski definition) is 7. The van der Waals surface area contributed by atoms with Gasteiger partial charge in [0.05, 0.1) is 10.7 Å². The number of aryl methyl sites for hydroxylation is 1. The molecule has 8 nitrogen and oxygen atoms in total. The van der Waals surface area contributed by atoms with Crippen molar-refractivity contribution in [2.24, 2.45) is 0 Å². The molecule has 0 fully saturated rings. The Morgan fingerprint density at radius 2 is 2.00 bits per heavy atom. The molecule has 132 valence electrons. The number of benzene rings is 1. The Labute approximate surface area is 148 Å². The highest BCUT2D eigenvalue weighted by Gasteiger charge is 2.16. The van der Waals surface area contributed by atoms with Gasteiger partial charge in [-0.25, -0.2) is 14.6 Å². The number of carbonyl (C=O) groups is 3. The van der Waals surface area contributed by atoms with Crippen LogP contribution in [0.25, 0.3) is 0 Å². The lowest BCUT2D eigenvalue weighted by atomic mass is 10.2. The lowest BCUT2D eigenvalue weighted by Crippen LogP contribution is -2.39. The monoisotopic (exact) mass is 363 g/mol. The maximum absolute atomic E-state index is 12.1. The molecule has 0 aliphatic rings. The van der Waals surface area contributed by atoms with Crippen LogP contribution in [0.5, 0.6) is 5.75 Å². The van der Waals surface area contributed by atoms with Crippen molar-refractivity contribution in [3.8, 4) is 5.75 Å². The second-order valence-corrected chi connectivity index (χ2v) is 5.91. The summed E-state index contributed by atoms with van der Waals surface area (Å²) in [6.45, 7) is 1.53. The molecule has 0 radical (unpaired) electrons. The summed E-state index contributed by atoms with van der Waals surface area (Å²) in [6, 6.07) is 5.85. The first-order valence-electron chi connectivity index (χ1n) is 7.31. The predicted molar refractivity (Wildman–Crippen MR) is 90.5 cm³/mol. The molecular weight excluding hydrogens is 346 g/mol. The number of aromatic nitrogens is 1. The number of esters is 1. The van der Waals surface area contributed by atoms with Crippen molar-refractivity contribution in [3.63, 3.8) is 0 Å². The van der Waals surface area contributed by atoms with Crippen LogP contribution in [0, 0.1) is 6.92 Å². The van der Waals surface area contributed by atoms with E-state index in [2.05, 4.69) is 10.3 Å². The molecule has 2 aromatic rings. The number of nitrogens with zero attached hydrogens (tertiary/aromatic N) is 1. The Kier molecular flexibility index (Phi) is 6.47. The van der Waals surface area contributed by atoms with E-state index in [9.17, 15) is 14.4 Å². The topological polar surface area (TPSA) is 107 Å². The molecule has 0 saturated heterocycles. The number of rotatable bonds is 6. The summed E-state index contributed by atoms with van der Waals surface area (Å²) in [4.78, 5) is 38.9. The number of para-hydroxylation sites is 1. The van der Waals surface area contributed by atoms with E-state index in [1.165, 1.54) is 24.5 Å². The fraction of sp³-hybridized carbons (Fsp3) is 0.250. The van der Waals surface area contributed by atoms with Crippen LogP contribution in [-0.2, 0) is 16.1 Å². The summed E-state index contributed by atoms with van der Waals surface area (Å²) in [5.41, 5.74) is 0.942. The summed E-state index contributed by atoms with van der Waals surface area (Å²) in [5, 5.41) is 7.02. The molecule has 0 bridgehead atoms. The van der Waals surface area contributed by atoms with Crippen LogP contribution in [-0.4, -0.2) is 36.5 Å². The Balaban J connectivity index is 1.95. The minimum Gasteiger partial charge on any atom is -0.486 e. The molecule has 0 aliphatic heterocycles. The van der Waals surface area contributed by atoms with Crippen molar-refractivity contribution in [1.29, 1.82) is 0 Å². The first-order valence-corrected chi connectivity index (χ1v) is 8.19. The van der Waals surface area contributed by atoms with Gasteiger partial charge in [-0.05, 0) is 19.1 Å². The largest absolute Gasteiger partial charge is 0.486 e. The molecule has 25 heavy (non-hydrogen) atoms. The zero-order chi connectivity index (χ0) is 18.2. The van der Waals surface area contributed by atoms with E-state index < -0.39 is 24.5 Å². The van der Waals surface area contributed by atoms with Crippen LogP contribution in [0.3, 0.4) is 0 Å². The van der Waals surface area contributed by atoms with Gasteiger partial charge < -0.3 is 14.8 Å². The van der Waals surface area contributed by atoms with Gasteiger partial charge in [0.25, 0.3) is 5.91 Å². The minimum absolute atomic E-state index is 0.183. The number of nitrogens with one attached hydrogen (secondary N) is 2. The van der Waals surface area contributed by atoms with Gasteiger partial charge in [-0.15, -0.1) is 11.3 Å². The van der Waals surface area contributed by atoms with Gasteiger partial charge in [0.1, 0.15) is 17.9 Å². The normalized spacial score (nSPS) is 10.0. The van der Waals surface area contributed by atoms with Crippen molar-refractivity contribution < 1.29 is 23.9 Å². The molecule has 9 heteroatoms. The summed E-state index contributed by atoms with van der Waals surface area (Å²) < 4.78 is 10.5. The third kappa shape index (κ3) is 5.57. The predicted octanol–water partition coefficient (Wildman–Crippen LogP) is 1.64. The number of hydrogen-bond donors (Lipinski definition) is 2. The summed E-state index contributed by atoms with van der Waals surface area (Å²) >= 11 is 1.51. The molecular formula is C16H17N3O5S. The lowest BCUT2D eigenvalue weighted by Gasteiger charge is -2.10.